The summed E-state index contributed by atoms with van der Waals surface area (Å²) in [6.45, 7) is 20.3. The molecule has 0 aromatic carbocycles. The Hall–Kier alpha value is -1.10. The summed E-state index contributed by atoms with van der Waals surface area (Å²) < 4.78 is 17.2. The van der Waals surface area contributed by atoms with Gasteiger partial charge in [0.25, 0.3) is 0 Å². The molecule has 1 rings (SSSR count). The van der Waals surface area contributed by atoms with Crippen molar-refractivity contribution >= 4 is 8.32 Å². The summed E-state index contributed by atoms with van der Waals surface area (Å²) in [7, 11) is -0.221. The lowest BCUT2D eigenvalue weighted by atomic mass is 9.72. The molecule has 0 N–H and O–H groups in total. The van der Waals surface area contributed by atoms with E-state index in [0.717, 1.165) is 31.4 Å². The van der Waals surface area contributed by atoms with E-state index in [-0.39, 0.29) is 10.5 Å². The van der Waals surface area contributed by atoms with Gasteiger partial charge in [0.2, 0.25) is 8.32 Å². The van der Waals surface area contributed by atoms with Crippen molar-refractivity contribution in [3.05, 3.63) is 48.8 Å². The van der Waals surface area contributed by atoms with Gasteiger partial charge < -0.3 is 13.9 Å². The maximum Gasteiger partial charge on any atom is 0.250 e. The van der Waals surface area contributed by atoms with Crippen LogP contribution in [0, 0.1) is 5.41 Å². The Kier molecular flexibility index (Phi) is 8.58. The van der Waals surface area contributed by atoms with E-state index >= 15 is 0 Å². The van der Waals surface area contributed by atoms with E-state index in [9.17, 15) is 0 Å². The smallest absolute Gasteiger partial charge is 0.250 e. The molecule has 1 aliphatic rings. The van der Waals surface area contributed by atoms with E-state index < -0.39 is 8.32 Å². The molecule has 0 aromatic rings. The van der Waals surface area contributed by atoms with Gasteiger partial charge in [0.05, 0.1) is 6.61 Å². The summed E-state index contributed by atoms with van der Waals surface area (Å²) in [4.78, 5) is 0. The van der Waals surface area contributed by atoms with Crippen molar-refractivity contribution in [1.29, 1.82) is 0 Å². The predicted octanol–water partition coefficient (Wildman–Crippen LogP) is 6.37. The molecule has 1 aliphatic carbocycles. The summed E-state index contributed by atoms with van der Waals surface area (Å²) in [5.74, 6) is 1.05. The first-order valence-corrected chi connectivity index (χ1v) is 12.4. The minimum absolute atomic E-state index is 0.0358. The average molecular weight is 379 g/mol. The summed E-state index contributed by atoms with van der Waals surface area (Å²) in [6.07, 6.45) is 12.1. The van der Waals surface area contributed by atoms with Crippen LogP contribution in [0.5, 0.6) is 0 Å². The fraction of sp³-hybridized carbons (Fsp3) is 0.636. The highest BCUT2D eigenvalue weighted by molar-refractivity contribution is 6.74. The third-order valence-electron chi connectivity index (χ3n) is 5.56. The molecule has 0 saturated carbocycles. The molecule has 0 spiro atoms. The molecule has 0 heterocycles. The number of ether oxygens (including phenoxy) is 2. The SMILES string of the molecule is C=CCC1=C(O[Si](C)(C)C(C)(C)C)C=CC(CC=C)(CCOCOC)C1. The Morgan fingerprint density at radius 1 is 1.23 bits per heavy atom. The van der Waals surface area contributed by atoms with Gasteiger partial charge >= 0.3 is 0 Å². The highest BCUT2D eigenvalue weighted by Crippen LogP contribution is 2.45. The lowest BCUT2D eigenvalue weighted by Crippen LogP contribution is -2.41. The van der Waals surface area contributed by atoms with Gasteiger partial charge in [-0.15, -0.1) is 13.2 Å². The van der Waals surface area contributed by atoms with Crippen LogP contribution in [0.3, 0.4) is 0 Å². The van der Waals surface area contributed by atoms with Crippen LogP contribution >= 0.6 is 0 Å². The Morgan fingerprint density at radius 2 is 1.92 bits per heavy atom. The van der Waals surface area contributed by atoms with Gasteiger partial charge in [-0.1, -0.05) is 39.0 Å². The van der Waals surface area contributed by atoms with Crippen LogP contribution in [0.1, 0.15) is 46.5 Å². The van der Waals surface area contributed by atoms with E-state index in [1.54, 1.807) is 7.11 Å². The quantitative estimate of drug-likeness (QED) is 0.181. The molecule has 0 amide bonds. The monoisotopic (exact) mass is 378 g/mol. The molecule has 0 radical (unpaired) electrons. The van der Waals surface area contributed by atoms with Crippen LogP contribution in [0.15, 0.2) is 48.8 Å². The third-order valence-corrected chi connectivity index (χ3v) is 9.90. The Bertz CT molecular complexity index is 540. The number of methoxy groups -OCH3 is 1. The van der Waals surface area contributed by atoms with Crippen LogP contribution in [-0.4, -0.2) is 28.8 Å². The summed E-state index contributed by atoms with van der Waals surface area (Å²) in [5, 5.41) is 0.177. The maximum absolute atomic E-state index is 6.63. The molecule has 148 valence electrons. The first-order chi connectivity index (χ1) is 12.1. The van der Waals surface area contributed by atoms with Crippen LogP contribution in [0.4, 0.5) is 0 Å². The topological polar surface area (TPSA) is 27.7 Å². The standard InChI is InChI=1S/C22H38O3Si/c1-9-11-19-17-22(13-10-2,15-16-24-18-23-6)14-12-20(19)25-26(7,8)21(3,4)5/h9-10,12,14H,1-2,11,13,15-18H2,3-8H3. The average Bonchev–Trinajstić information content (AvgIpc) is 2.54. The molecule has 1 unspecified atom stereocenters. The Morgan fingerprint density at radius 3 is 2.46 bits per heavy atom. The third kappa shape index (κ3) is 6.25. The zero-order chi connectivity index (χ0) is 19.8. The summed E-state index contributed by atoms with van der Waals surface area (Å²) >= 11 is 0. The molecule has 0 fully saturated rings. The molecular formula is C22H38O3Si. The first kappa shape index (κ1) is 22.9. The van der Waals surface area contributed by atoms with E-state index in [1.165, 1.54) is 5.57 Å². The van der Waals surface area contributed by atoms with E-state index in [4.69, 9.17) is 13.9 Å². The molecule has 26 heavy (non-hydrogen) atoms. The van der Waals surface area contributed by atoms with Gasteiger partial charge in [-0.2, -0.15) is 0 Å². The van der Waals surface area contributed by atoms with Crippen molar-refractivity contribution in [3.63, 3.8) is 0 Å². The van der Waals surface area contributed by atoms with Crippen molar-refractivity contribution in [2.75, 3.05) is 20.5 Å². The second-order valence-electron chi connectivity index (χ2n) is 8.75. The Labute approximate surface area is 161 Å². The molecule has 0 saturated heterocycles. The van der Waals surface area contributed by atoms with Crippen LogP contribution in [0.25, 0.3) is 0 Å². The fourth-order valence-corrected chi connectivity index (χ4v) is 4.01. The lowest BCUT2D eigenvalue weighted by Gasteiger charge is -2.40. The summed E-state index contributed by atoms with van der Waals surface area (Å²) in [5.41, 5.74) is 1.37. The van der Waals surface area contributed by atoms with E-state index in [1.807, 2.05) is 12.2 Å². The number of rotatable bonds is 11. The molecule has 0 aromatic heterocycles. The number of allylic oxidation sites excluding steroid dienone is 5. The van der Waals surface area contributed by atoms with Crippen molar-refractivity contribution in [2.24, 2.45) is 5.41 Å². The van der Waals surface area contributed by atoms with Crippen LogP contribution in [-0.2, 0) is 13.9 Å². The molecule has 1 atom stereocenters. The van der Waals surface area contributed by atoms with Gasteiger partial charge in [-0.25, -0.2) is 0 Å². The largest absolute Gasteiger partial charge is 0.544 e. The van der Waals surface area contributed by atoms with Crippen molar-refractivity contribution in [2.45, 2.75) is 64.6 Å². The Balaban J connectivity index is 3.03. The molecule has 0 aliphatic heterocycles. The summed E-state index contributed by atoms with van der Waals surface area (Å²) in [6, 6.07) is 0. The van der Waals surface area contributed by atoms with Crippen molar-refractivity contribution in [3.8, 4) is 0 Å². The van der Waals surface area contributed by atoms with Crippen molar-refractivity contribution in [1.82, 2.24) is 0 Å². The number of hydrogen-bond donors (Lipinski definition) is 0. The highest BCUT2D eigenvalue weighted by atomic mass is 28.4. The zero-order valence-electron chi connectivity index (χ0n) is 17.7. The predicted molar refractivity (Wildman–Crippen MR) is 114 cm³/mol. The molecular weight excluding hydrogens is 340 g/mol. The van der Waals surface area contributed by atoms with Crippen molar-refractivity contribution < 1.29 is 13.9 Å². The molecule has 4 heteroatoms. The minimum atomic E-state index is -1.87. The first-order valence-electron chi connectivity index (χ1n) is 9.49. The minimum Gasteiger partial charge on any atom is -0.544 e. The number of hydrogen-bond acceptors (Lipinski definition) is 3. The maximum atomic E-state index is 6.63. The fourth-order valence-electron chi connectivity index (χ4n) is 2.94. The molecule has 0 bridgehead atoms. The molecule has 3 nitrogen and oxygen atoms in total. The van der Waals surface area contributed by atoms with Gasteiger partial charge in [-0.05, 0) is 60.9 Å². The van der Waals surface area contributed by atoms with Gasteiger partial charge in [0.15, 0.2) is 0 Å². The lowest BCUT2D eigenvalue weighted by molar-refractivity contribution is -0.0377. The zero-order valence-corrected chi connectivity index (χ0v) is 18.7. The van der Waals surface area contributed by atoms with E-state index in [0.29, 0.717) is 13.4 Å². The normalized spacial score (nSPS) is 21.0. The van der Waals surface area contributed by atoms with Gasteiger partial charge in [-0.3, -0.25) is 0 Å². The van der Waals surface area contributed by atoms with E-state index in [2.05, 4.69) is 59.2 Å². The van der Waals surface area contributed by atoms with Crippen LogP contribution in [0.2, 0.25) is 18.1 Å². The second kappa shape index (κ2) is 9.72. The highest BCUT2D eigenvalue weighted by Gasteiger charge is 2.40. The van der Waals surface area contributed by atoms with Gasteiger partial charge in [0.1, 0.15) is 12.6 Å². The van der Waals surface area contributed by atoms with Gasteiger partial charge in [0, 0.05) is 7.11 Å². The second-order valence-corrected chi connectivity index (χ2v) is 13.5. The van der Waals surface area contributed by atoms with Crippen LogP contribution < -0.4 is 0 Å².